The van der Waals surface area contributed by atoms with Crippen molar-refractivity contribution in [2.75, 3.05) is 13.2 Å². The Balaban J connectivity index is 2.04. The van der Waals surface area contributed by atoms with E-state index in [0.29, 0.717) is 5.25 Å². The van der Waals surface area contributed by atoms with Gasteiger partial charge in [0.1, 0.15) is 0 Å². The van der Waals surface area contributed by atoms with E-state index in [2.05, 4.69) is 12.2 Å². The molecular weight excluding hydrogens is 325 g/mol. The van der Waals surface area contributed by atoms with Crippen LogP contribution in [0.25, 0.3) is 0 Å². The summed E-state index contributed by atoms with van der Waals surface area (Å²) in [7, 11) is 0. The standard InChI is InChI=1S/C16H23Cl2NOS/c1-2-8-19-16(11-20)7-3-4-13(10-16)21-15-9-12(17)5-6-14(15)18/h5-6,9,13,19-20H,2-4,7-8,10-11H2,1H3. The molecule has 1 aromatic carbocycles. The highest BCUT2D eigenvalue weighted by Crippen LogP contribution is 2.41. The zero-order valence-corrected chi connectivity index (χ0v) is 14.7. The van der Waals surface area contributed by atoms with Crippen molar-refractivity contribution < 1.29 is 5.11 Å². The van der Waals surface area contributed by atoms with E-state index in [4.69, 9.17) is 23.2 Å². The quantitative estimate of drug-likeness (QED) is 0.777. The smallest absolute Gasteiger partial charge is 0.0613 e. The van der Waals surface area contributed by atoms with Crippen molar-refractivity contribution in [3.63, 3.8) is 0 Å². The van der Waals surface area contributed by atoms with Crippen molar-refractivity contribution in [2.24, 2.45) is 0 Å². The molecule has 0 spiro atoms. The molecule has 0 amide bonds. The van der Waals surface area contributed by atoms with E-state index in [-0.39, 0.29) is 12.1 Å². The zero-order chi connectivity index (χ0) is 15.3. The summed E-state index contributed by atoms with van der Waals surface area (Å²) < 4.78 is 0. The van der Waals surface area contributed by atoms with Gasteiger partial charge in [0.25, 0.3) is 0 Å². The molecule has 0 aromatic heterocycles. The van der Waals surface area contributed by atoms with Crippen LogP contribution in [0.3, 0.4) is 0 Å². The Morgan fingerprint density at radius 3 is 2.95 bits per heavy atom. The number of thioether (sulfide) groups is 1. The molecule has 1 aromatic rings. The number of aliphatic hydroxyl groups excluding tert-OH is 1. The van der Waals surface area contributed by atoms with Crippen molar-refractivity contribution in [1.29, 1.82) is 0 Å². The van der Waals surface area contributed by atoms with E-state index in [9.17, 15) is 5.11 Å². The lowest BCUT2D eigenvalue weighted by Gasteiger charge is -2.40. The van der Waals surface area contributed by atoms with Gasteiger partial charge in [-0.3, -0.25) is 0 Å². The van der Waals surface area contributed by atoms with Crippen LogP contribution in [0.4, 0.5) is 0 Å². The number of benzene rings is 1. The molecule has 1 aliphatic carbocycles. The van der Waals surface area contributed by atoms with Gasteiger partial charge < -0.3 is 10.4 Å². The van der Waals surface area contributed by atoms with Crippen molar-refractivity contribution in [2.45, 2.75) is 54.7 Å². The van der Waals surface area contributed by atoms with Crippen LogP contribution in [0.1, 0.15) is 39.0 Å². The second kappa shape index (κ2) is 8.07. The maximum Gasteiger partial charge on any atom is 0.0613 e. The normalized spacial score (nSPS) is 26.0. The highest BCUT2D eigenvalue weighted by Gasteiger charge is 2.35. The molecule has 0 bridgehead atoms. The fourth-order valence-electron chi connectivity index (χ4n) is 2.91. The Morgan fingerprint density at radius 2 is 2.24 bits per heavy atom. The van der Waals surface area contributed by atoms with Crippen molar-refractivity contribution in [3.05, 3.63) is 28.2 Å². The number of hydrogen-bond donors (Lipinski definition) is 2. The molecule has 0 radical (unpaired) electrons. The summed E-state index contributed by atoms with van der Waals surface area (Å²) >= 11 is 14.1. The number of rotatable bonds is 6. The van der Waals surface area contributed by atoms with Gasteiger partial charge in [-0.15, -0.1) is 11.8 Å². The fourth-order valence-corrected chi connectivity index (χ4v) is 4.82. The van der Waals surface area contributed by atoms with Gasteiger partial charge in [-0.1, -0.05) is 36.5 Å². The monoisotopic (exact) mass is 347 g/mol. The van der Waals surface area contributed by atoms with Crippen LogP contribution in [0.15, 0.2) is 23.1 Å². The lowest BCUT2D eigenvalue weighted by atomic mass is 9.82. The summed E-state index contributed by atoms with van der Waals surface area (Å²) in [5, 5.41) is 15.3. The topological polar surface area (TPSA) is 32.3 Å². The highest BCUT2D eigenvalue weighted by molar-refractivity contribution is 8.00. The number of aliphatic hydroxyl groups is 1. The van der Waals surface area contributed by atoms with Gasteiger partial charge in [0.2, 0.25) is 0 Å². The summed E-state index contributed by atoms with van der Waals surface area (Å²) in [6.07, 6.45) is 5.39. The molecule has 21 heavy (non-hydrogen) atoms. The van der Waals surface area contributed by atoms with E-state index in [0.717, 1.165) is 53.6 Å². The van der Waals surface area contributed by atoms with E-state index in [1.807, 2.05) is 18.2 Å². The van der Waals surface area contributed by atoms with Gasteiger partial charge in [0.05, 0.1) is 11.6 Å². The van der Waals surface area contributed by atoms with E-state index >= 15 is 0 Å². The van der Waals surface area contributed by atoms with E-state index in [1.54, 1.807) is 11.8 Å². The predicted octanol–water partition coefficient (Wildman–Crippen LogP) is 4.76. The second-order valence-corrected chi connectivity index (χ2v) is 7.96. The molecule has 0 heterocycles. The third kappa shape index (κ3) is 4.77. The van der Waals surface area contributed by atoms with Gasteiger partial charge in [0.15, 0.2) is 0 Å². The Bertz CT molecular complexity index is 472. The van der Waals surface area contributed by atoms with Gasteiger partial charge >= 0.3 is 0 Å². The van der Waals surface area contributed by atoms with Crippen LogP contribution in [-0.4, -0.2) is 29.0 Å². The first-order valence-electron chi connectivity index (χ1n) is 7.56. The number of hydrogen-bond acceptors (Lipinski definition) is 3. The average Bonchev–Trinajstić information content (AvgIpc) is 2.49. The van der Waals surface area contributed by atoms with Gasteiger partial charge in [-0.2, -0.15) is 0 Å². The summed E-state index contributed by atoms with van der Waals surface area (Å²) in [5.74, 6) is 0. The van der Waals surface area contributed by atoms with E-state index in [1.165, 1.54) is 0 Å². The maximum atomic E-state index is 9.83. The first-order chi connectivity index (χ1) is 10.1. The van der Waals surface area contributed by atoms with Crippen molar-refractivity contribution in [3.8, 4) is 0 Å². The first-order valence-corrected chi connectivity index (χ1v) is 9.20. The molecule has 2 unspecified atom stereocenters. The molecule has 0 aliphatic heterocycles. The molecule has 1 fully saturated rings. The van der Waals surface area contributed by atoms with Crippen LogP contribution >= 0.6 is 35.0 Å². The Labute approximate surface area is 141 Å². The maximum absolute atomic E-state index is 9.83. The van der Waals surface area contributed by atoms with Crippen LogP contribution < -0.4 is 5.32 Å². The van der Waals surface area contributed by atoms with Crippen LogP contribution in [0.5, 0.6) is 0 Å². The fraction of sp³-hybridized carbons (Fsp3) is 0.625. The molecular formula is C16H23Cl2NOS. The molecule has 0 saturated heterocycles. The first kappa shape index (κ1) is 17.4. The van der Waals surface area contributed by atoms with Crippen molar-refractivity contribution in [1.82, 2.24) is 5.32 Å². The van der Waals surface area contributed by atoms with Crippen LogP contribution in [0.2, 0.25) is 10.0 Å². The molecule has 5 heteroatoms. The molecule has 2 N–H and O–H groups in total. The Kier molecular flexibility index (Phi) is 6.70. The van der Waals surface area contributed by atoms with Crippen LogP contribution in [0, 0.1) is 0 Å². The lowest BCUT2D eigenvalue weighted by molar-refractivity contribution is 0.124. The second-order valence-electron chi connectivity index (χ2n) is 5.78. The van der Waals surface area contributed by atoms with Gasteiger partial charge in [0, 0.05) is 20.7 Å². The summed E-state index contributed by atoms with van der Waals surface area (Å²) in [6.45, 7) is 3.31. The largest absolute Gasteiger partial charge is 0.394 e. The average molecular weight is 348 g/mol. The predicted molar refractivity (Wildman–Crippen MR) is 92.7 cm³/mol. The summed E-state index contributed by atoms with van der Waals surface area (Å²) in [5.41, 5.74) is -0.128. The summed E-state index contributed by atoms with van der Waals surface area (Å²) in [4.78, 5) is 1.04. The zero-order valence-electron chi connectivity index (χ0n) is 12.4. The highest BCUT2D eigenvalue weighted by atomic mass is 35.5. The molecule has 2 rings (SSSR count). The number of nitrogens with one attached hydrogen (secondary N) is 1. The van der Waals surface area contributed by atoms with Crippen molar-refractivity contribution >= 4 is 35.0 Å². The number of halogens is 2. The minimum atomic E-state index is -0.128. The molecule has 118 valence electrons. The third-order valence-electron chi connectivity index (χ3n) is 4.04. The molecule has 1 aliphatic rings. The Hall–Kier alpha value is 0.0700. The Morgan fingerprint density at radius 1 is 1.43 bits per heavy atom. The van der Waals surface area contributed by atoms with Crippen LogP contribution in [-0.2, 0) is 0 Å². The van der Waals surface area contributed by atoms with Gasteiger partial charge in [-0.05, 0) is 50.4 Å². The molecule has 1 saturated carbocycles. The summed E-state index contributed by atoms with van der Waals surface area (Å²) in [6, 6.07) is 5.60. The molecule has 2 atom stereocenters. The lowest BCUT2D eigenvalue weighted by Crippen LogP contribution is -2.52. The molecule has 2 nitrogen and oxygen atoms in total. The minimum absolute atomic E-state index is 0.128. The van der Waals surface area contributed by atoms with E-state index < -0.39 is 0 Å². The van der Waals surface area contributed by atoms with Gasteiger partial charge in [-0.25, -0.2) is 0 Å². The third-order valence-corrected chi connectivity index (χ3v) is 6.04. The minimum Gasteiger partial charge on any atom is -0.394 e. The SMILES string of the molecule is CCCNC1(CO)CCCC(Sc2cc(Cl)ccc2Cl)C1.